The summed E-state index contributed by atoms with van der Waals surface area (Å²) >= 11 is 0. The van der Waals surface area contributed by atoms with E-state index in [9.17, 15) is 0 Å². The summed E-state index contributed by atoms with van der Waals surface area (Å²) < 4.78 is 12.4. The third-order valence-corrected chi connectivity index (χ3v) is 11.5. The van der Waals surface area contributed by atoms with Crippen molar-refractivity contribution in [3.8, 4) is 77.9 Å². The number of para-hydroxylation sites is 1. The van der Waals surface area contributed by atoms with Crippen LogP contribution in [0.25, 0.3) is 122 Å². The summed E-state index contributed by atoms with van der Waals surface area (Å²) in [6, 6.07) is 63.8. The van der Waals surface area contributed by atoms with E-state index in [0.29, 0.717) is 0 Å². The summed E-state index contributed by atoms with van der Waals surface area (Å²) in [7, 11) is 0. The number of furan rings is 2. The number of pyridine rings is 1. The van der Waals surface area contributed by atoms with Crippen molar-refractivity contribution in [2.75, 3.05) is 0 Å². The molecule has 0 bridgehead atoms. The van der Waals surface area contributed by atoms with Gasteiger partial charge in [-0.25, -0.2) is 0 Å². The van der Waals surface area contributed by atoms with Crippen molar-refractivity contribution in [3.05, 3.63) is 188 Å². The van der Waals surface area contributed by atoms with Gasteiger partial charge in [0.25, 0.3) is 0 Å². The molecule has 1 aliphatic rings. The van der Waals surface area contributed by atoms with Gasteiger partial charge in [-0.2, -0.15) is 0 Å². The summed E-state index contributed by atoms with van der Waals surface area (Å²) in [4.78, 5) is 4.29. The Bertz CT molecular complexity index is 3240. The molecule has 3 aromatic heterocycles. The minimum Gasteiger partial charge on any atom is -0.456 e. The highest BCUT2D eigenvalue weighted by molar-refractivity contribution is 6.08. The molecule has 260 valence electrons. The highest BCUT2D eigenvalue weighted by atomic mass is 16.3. The molecule has 0 unspecified atom stereocenters. The lowest BCUT2D eigenvalue weighted by atomic mass is 9.80. The van der Waals surface area contributed by atoms with E-state index in [0.717, 1.165) is 77.3 Å². The zero-order chi connectivity index (χ0) is 36.7. The molecule has 0 aliphatic heterocycles. The van der Waals surface area contributed by atoms with Crippen LogP contribution in [0.4, 0.5) is 0 Å². The Morgan fingerprint density at radius 3 is 1.25 bits per heavy atom. The van der Waals surface area contributed by atoms with Crippen molar-refractivity contribution in [1.29, 1.82) is 0 Å². The van der Waals surface area contributed by atoms with Crippen LogP contribution in [0.3, 0.4) is 0 Å². The number of rotatable bonds is 3. The lowest BCUT2D eigenvalue weighted by Crippen LogP contribution is -1.97. The average Bonchev–Trinajstić information content (AvgIpc) is 3.83. The molecule has 0 N–H and O–H groups in total. The first-order valence-corrected chi connectivity index (χ1v) is 19.0. The highest BCUT2D eigenvalue weighted by Crippen LogP contribution is 2.49. The number of fused-ring (bicyclic) bond motifs is 14. The van der Waals surface area contributed by atoms with Gasteiger partial charge in [0.15, 0.2) is 5.58 Å². The van der Waals surface area contributed by atoms with E-state index in [1.54, 1.807) is 6.20 Å². The van der Waals surface area contributed by atoms with Gasteiger partial charge in [-0.3, -0.25) is 4.98 Å². The van der Waals surface area contributed by atoms with Gasteiger partial charge < -0.3 is 8.83 Å². The monoisotopic (exact) mass is 713 g/mol. The van der Waals surface area contributed by atoms with Crippen LogP contribution in [0.5, 0.6) is 0 Å². The summed E-state index contributed by atoms with van der Waals surface area (Å²) in [6.45, 7) is 0. The maximum atomic E-state index is 6.23. The van der Waals surface area contributed by atoms with Crippen LogP contribution in [0, 0.1) is 0 Å². The van der Waals surface area contributed by atoms with Gasteiger partial charge in [0.2, 0.25) is 0 Å². The number of aromatic nitrogens is 1. The Morgan fingerprint density at radius 2 is 0.679 bits per heavy atom. The van der Waals surface area contributed by atoms with E-state index in [-0.39, 0.29) is 0 Å². The number of hydrogen-bond acceptors (Lipinski definition) is 3. The predicted molar refractivity (Wildman–Crippen MR) is 230 cm³/mol. The molecular formula is C53H31NO2. The van der Waals surface area contributed by atoms with Crippen LogP contribution in [0.15, 0.2) is 197 Å². The van der Waals surface area contributed by atoms with Gasteiger partial charge in [-0.1, -0.05) is 115 Å². The molecule has 0 fully saturated rings. The average molecular weight is 714 g/mol. The number of benzene rings is 8. The Hall–Kier alpha value is -7.49. The number of hydrogen-bond donors (Lipinski definition) is 0. The molecule has 8 aromatic carbocycles. The van der Waals surface area contributed by atoms with Crippen molar-refractivity contribution in [2.24, 2.45) is 0 Å². The summed E-state index contributed by atoms with van der Waals surface area (Å²) in [6.07, 6.45) is 3.62. The second-order valence-corrected chi connectivity index (χ2v) is 14.7. The van der Waals surface area contributed by atoms with Crippen LogP contribution in [-0.4, -0.2) is 4.98 Å². The zero-order valence-electron chi connectivity index (χ0n) is 30.2. The Labute approximate surface area is 322 Å². The molecule has 0 radical (unpaired) electrons. The van der Waals surface area contributed by atoms with E-state index in [2.05, 4.69) is 163 Å². The molecule has 3 nitrogen and oxygen atoms in total. The van der Waals surface area contributed by atoms with Crippen molar-refractivity contribution < 1.29 is 8.83 Å². The SMILES string of the molecule is c1ccc2c(c1)-c1ccccc1-c1ccc(-c3cc(-c4ccc5oc6ccccc6c5c4)cc(-c4ccc5oc6cnccc6c5c4)c3)cc1-c1ccccc1-2. The van der Waals surface area contributed by atoms with E-state index in [4.69, 9.17) is 8.83 Å². The lowest BCUT2D eigenvalue weighted by molar-refractivity contribution is 0.667. The third-order valence-electron chi connectivity index (χ3n) is 11.5. The van der Waals surface area contributed by atoms with Crippen LogP contribution in [0.1, 0.15) is 0 Å². The van der Waals surface area contributed by atoms with Gasteiger partial charge in [0, 0.05) is 27.7 Å². The fraction of sp³-hybridized carbons (Fsp3) is 0. The third kappa shape index (κ3) is 4.74. The molecule has 0 saturated carbocycles. The van der Waals surface area contributed by atoms with Gasteiger partial charge in [-0.15, -0.1) is 0 Å². The predicted octanol–water partition coefficient (Wildman–Crippen LogP) is 14.9. The minimum absolute atomic E-state index is 0.792. The fourth-order valence-corrected chi connectivity index (χ4v) is 8.88. The molecule has 1 aliphatic carbocycles. The minimum atomic E-state index is 0.792. The first kappa shape index (κ1) is 30.9. The van der Waals surface area contributed by atoms with Crippen molar-refractivity contribution in [3.63, 3.8) is 0 Å². The molecule has 0 amide bonds. The molecule has 3 heterocycles. The molecule has 3 heteroatoms. The van der Waals surface area contributed by atoms with Crippen molar-refractivity contribution >= 4 is 43.9 Å². The van der Waals surface area contributed by atoms with Gasteiger partial charge in [0.1, 0.15) is 16.7 Å². The molecule has 0 atom stereocenters. The first-order valence-electron chi connectivity index (χ1n) is 19.0. The van der Waals surface area contributed by atoms with Crippen molar-refractivity contribution in [2.45, 2.75) is 0 Å². The fourth-order valence-electron chi connectivity index (χ4n) is 8.88. The quantitative estimate of drug-likeness (QED) is 0.183. The Balaban J connectivity index is 1.10. The molecular weight excluding hydrogens is 683 g/mol. The second-order valence-electron chi connectivity index (χ2n) is 14.7. The largest absolute Gasteiger partial charge is 0.456 e. The van der Waals surface area contributed by atoms with Gasteiger partial charge in [-0.05, 0) is 139 Å². The van der Waals surface area contributed by atoms with Crippen LogP contribution < -0.4 is 0 Å². The Morgan fingerprint density at radius 1 is 0.268 bits per heavy atom. The first-order chi connectivity index (χ1) is 27.7. The topological polar surface area (TPSA) is 39.2 Å². The molecule has 0 spiro atoms. The molecule has 0 saturated heterocycles. The van der Waals surface area contributed by atoms with Gasteiger partial charge in [0.05, 0.1) is 6.20 Å². The van der Waals surface area contributed by atoms with E-state index >= 15 is 0 Å². The maximum absolute atomic E-state index is 6.23. The van der Waals surface area contributed by atoms with E-state index in [1.807, 2.05) is 24.4 Å². The molecule has 56 heavy (non-hydrogen) atoms. The smallest absolute Gasteiger partial charge is 0.153 e. The molecule has 11 aromatic rings. The summed E-state index contributed by atoms with van der Waals surface area (Å²) in [5, 5.41) is 4.37. The summed E-state index contributed by atoms with van der Waals surface area (Å²) in [5.41, 5.74) is 20.2. The summed E-state index contributed by atoms with van der Waals surface area (Å²) in [5.74, 6) is 0. The van der Waals surface area contributed by atoms with Crippen LogP contribution >= 0.6 is 0 Å². The van der Waals surface area contributed by atoms with Crippen molar-refractivity contribution in [1.82, 2.24) is 4.98 Å². The standard InChI is InChI=1S/C53H31NO2/c1-2-10-39-38(9-1)40-11-3-4-13-42(40)44-20-17-32(28-47(44)43-14-6-5-12-41(39)43)35-25-36(33-18-21-51-48(29-33)45-15-7-8-16-50(45)55-51)27-37(26-35)34-19-22-52-49(30-34)46-23-24-54-31-53(46)56-52/h1-31H. The van der Waals surface area contributed by atoms with Gasteiger partial charge >= 0.3 is 0 Å². The van der Waals surface area contributed by atoms with Crippen LogP contribution in [-0.2, 0) is 0 Å². The molecule has 12 rings (SSSR count). The number of nitrogens with zero attached hydrogens (tertiary/aromatic N) is 1. The van der Waals surface area contributed by atoms with E-state index in [1.165, 1.54) is 44.5 Å². The Kier molecular flexibility index (Phi) is 6.63. The second kappa shape index (κ2) is 12.0. The maximum Gasteiger partial charge on any atom is 0.153 e. The normalized spacial score (nSPS) is 11.9. The van der Waals surface area contributed by atoms with E-state index < -0.39 is 0 Å². The lowest BCUT2D eigenvalue weighted by Gasteiger charge is -2.23. The van der Waals surface area contributed by atoms with Crippen LogP contribution in [0.2, 0.25) is 0 Å². The highest BCUT2D eigenvalue weighted by Gasteiger charge is 2.22. The zero-order valence-corrected chi connectivity index (χ0v) is 30.2.